The summed E-state index contributed by atoms with van der Waals surface area (Å²) in [7, 11) is 0. The van der Waals surface area contributed by atoms with Crippen molar-refractivity contribution in [2.24, 2.45) is 5.73 Å². The van der Waals surface area contributed by atoms with Gasteiger partial charge in [-0.3, -0.25) is 0 Å². The van der Waals surface area contributed by atoms with E-state index in [0.29, 0.717) is 25.7 Å². The molecule has 0 radical (unpaired) electrons. The summed E-state index contributed by atoms with van der Waals surface area (Å²) >= 11 is 0. The summed E-state index contributed by atoms with van der Waals surface area (Å²) in [5.41, 5.74) is 8.29. The smallest absolute Gasteiger partial charge is 0.123 e. The van der Waals surface area contributed by atoms with Crippen molar-refractivity contribution in [3.05, 3.63) is 71.8 Å². The average molecular weight is 349 g/mol. The second-order valence-corrected chi connectivity index (χ2v) is 6.72. The van der Waals surface area contributed by atoms with Gasteiger partial charge in [-0.05, 0) is 53.4 Å². The second-order valence-electron chi connectivity index (χ2n) is 6.72. The minimum Gasteiger partial charge on any atom is -0.490 e. The number of ether oxygens (including phenoxy) is 2. The van der Waals surface area contributed by atoms with Crippen molar-refractivity contribution in [1.82, 2.24) is 0 Å². The van der Waals surface area contributed by atoms with Crippen LogP contribution in [0.3, 0.4) is 0 Å². The lowest BCUT2D eigenvalue weighted by Gasteiger charge is -2.14. The highest BCUT2D eigenvalue weighted by atomic mass is 16.5. The molecular formula is C23H27NO2. The second kappa shape index (κ2) is 8.72. The Hall–Kier alpha value is -2.52. The van der Waals surface area contributed by atoms with Gasteiger partial charge in [-0.2, -0.15) is 0 Å². The van der Waals surface area contributed by atoms with Gasteiger partial charge in [0.1, 0.15) is 24.7 Å². The van der Waals surface area contributed by atoms with E-state index in [1.807, 2.05) is 24.3 Å². The van der Waals surface area contributed by atoms with Crippen LogP contribution < -0.4 is 15.2 Å². The highest BCUT2D eigenvalue weighted by Gasteiger charge is 2.08. The van der Waals surface area contributed by atoms with Crippen molar-refractivity contribution in [3.63, 3.8) is 0 Å². The quantitative estimate of drug-likeness (QED) is 0.587. The Kier molecular flexibility index (Phi) is 6.13. The van der Waals surface area contributed by atoms with Gasteiger partial charge >= 0.3 is 0 Å². The number of hydrogen-bond donors (Lipinski definition) is 1. The molecule has 3 rings (SSSR count). The van der Waals surface area contributed by atoms with Gasteiger partial charge in [-0.1, -0.05) is 56.3 Å². The first-order chi connectivity index (χ1) is 12.7. The Morgan fingerprint density at radius 2 is 1.58 bits per heavy atom. The van der Waals surface area contributed by atoms with Crippen LogP contribution in [0.15, 0.2) is 60.7 Å². The van der Waals surface area contributed by atoms with Crippen molar-refractivity contribution >= 4 is 10.8 Å². The van der Waals surface area contributed by atoms with Gasteiger partial charge in [0.2, 0.25) is 0 Å². The van der Waals surface area contributed by atoms with E-state index in [9.17, 15) is 0 Å². The van der Waals surface area contributed by atoms with E-state index in [1.54, 1.807) is 0 Å². The summed E-state index contributed by atoms with van der Waals surface area (Å²) < 4.78 is 11.8. The molecule has 0 spiro atoms. The number of rotatable bonds is 8. The first kappa shape index (κ1) is 18.3. The van der Waals surface area contributed by atoms with Crippen LogP contribution in [0, 0.1) is 0 Å². The van der Waals surface area contributed by atoms with Crippen LogP contribution in [0.25, 0.3) is 10.8 Å². The van der Waals surface area contributed by atoms with Gasteiger partial charge < -0.3 is 15.2 Å². The first-order valence-corrected chi connectivity index (χ1v) is 9.25. The zero-order chi connectivity index (χ0) is 18.4. The molecule has 0 atom stereocenters. The predicted molar refractivity (Wildman–Crippen MR) is 108 cm³/mol. The van der Waals surface area contributed by atoms with Gasteiger partial charge in [0.25, 0.3) is 0 Å². The molecule has 0 bridgehead atoms. The molecule has 3 aromatic carbocycles. The van der Waals surface area contributed by atoms with E-state index in [2.05, 4.69) is 50.2 Å². The molecular weight excluding hydrogens is 322 g/mol. The summed E-state index contributed by atoms with van der Waals surface area (Å²) in [6.07, 6.45) is 0.800. The van der Waals surface area contributed by atoms with Gasteiger partial charge in [0.05, 0.1) is 0 Å². The van der Waals surface area contributed by atoms with Crippen LogP contribution in [-0.2, 0) is 6.42 Å². The zero-order valence-electron chi connectivity index (χ0n) is 15.6. The van der Waals surface area contributed by atoms with Gasteiger partial charge in [-0.15, -0.1) is 0 Å². The van der Waals surface area contributed by atoms with E-state index in [0.717, 1.165) is 17.9 Å². The highest BCUT2D eigenvalue weighted by Crippen LogP contribution is 2.28. The van der Waals surface area contributed by atoms with Crippen molar-refractivity contribution in [1.29, 1.82) is 0 Å². The van der Waals surface area contributed by atoms with E-state index in [4.69, 9.17) is 15.2 Å². The number of fused-ring (bicyclic) bond motifs is 1. The van der Waals surface area contributed by atoms with Gasteiger partial charge in [0, 0.05) is 5.56 Å². The minimum atomic E-state index is 0.502. The maximum atomic E-state index is 6.00. The van der Waals surface area contributed by atoms with Crippen LogP contribution in [0.4, 0.5) is 0 Å². The molecule has 26 heavy (non-hydrogen) atoms. The van der Waals surface area contributed by atoms with Gasteiger partial charge in [-0.25, -0.2) is 0 Å². The fraction of sp³-hybridized carbons (Fsp3) is 0.304. The zero-order valence-corrected chi connectivity index (χ0v) is 15.6. The Labute approximate surface area is 155 Å². The fourth-order valence-electron chi connectivity index (χ4n) is 3.11. The van der Waals surface area contributed by atoms with Crippen molar-refractivity contribution in [2.45, 2.75) is 26.2 Å². The number of nitrogens with two attached hydrogens (primary N) is 1. The van der Waals surface area contributed by atoms with E-state index in [-0.39, 0.29) is 0 Å². The molecule has 0 aliphatic rings. The summed E-state index contributed by atoms with van der Waals surface area (Å²) in [4.78, 5) is 0. The summed E-state index contributed by atoms with van der Waals surface area (Å²) in [6.45, 7) is 5.99. The molecule has 2 N–H and O–H groups in total. The Morgan fingerprint density at radius 3 is 2.31 bits per heavy atom. The van der Waals surface area contributed by atoms with Crippen LogP contribution in [0.2, 0.25) is 0 Å². The third-order valence-corrected chi connectivity index (χ3v) is 4.55. The molecule has 0 saturated carbocycles. The molecule has 0 saturated heterocycles. The lowest BCUT2D eigenvalue weighted by atomic mass is 10.0. The van der Waals surface area contributed by atoms with E-state index >= 15 is 0 Å². The predicted octanol–water partition coefficient (Wildman–Crippen LogP) is 4.92. The molecule has 3 aromatic rings. The largest absolute Gasteiger partial charge is 0.490 e. The normalized spacial score (nSPS) is 11.1. The summed E-state index contributed by atoms with van der Waals surface area (Å²) in [6, 6.07) is 20.7. The topological polar surface area (TPSA) is 44.5 Å². The highest BCUT2D eigenvalue weighted by molar-refractivity contribution is 5.87. The fourth-order valence-corrected chi connectivity index (χ4v) is 3.11. The maximum absolute atomic E-state index is 6.00. The molecule has 0 unspecified atom stereocenters. The van der Waals surface area contributed by atoms with Crippen LogP contribution in [0.5, 0.6) is 11.5 Å². The van der Waals surface area contributed by atoms with E-state index in [1.165, 1.54) is 21.9 Å². The van der Waals surface area contributed by atoms with Crippen LogP contribution in [-0.4, -0.2) is 19.8 Å². The summed E-state index contributed by atoms with van der Waals surface area (Å²) in [5, 5.41) is 2.42. The van der Waals surface area contributed by atoms with E-state index < -0.39 is 0 Å². The minimum absolute atomic E-state index is 0.502. The number of benzene rings is 3. The molecule has 3 nitrogen and oxygen atoms in total. The third-order valence-electron chi connectivity index (χ3n) is 4.55. The van der Waals surface area contributed by atoms with Gasteiger partial charge in [0.15, 0.2) is 0 Å². The molecule has 3 heteroatoms. The standard InChI is InChI=1S/C23H27NO2/c1-17(2)18-7-10-20(11-8-18)25-15-16-26-23-12-9-19-5-3-4-6-21(19)22(23)13-14-24/h3-12,17H,13-16,24H2,1-2H3. The molecule has 0 aromatic heterocycles. The third kappa shape index (κ3) is 4.36. The van der Waals surface area contributed by atoms with Crippen LogP contribution >= 0.6 is 0 Å². The lowest BCUT2D eigenvalue weighted by Crippen LogP contribution is -2.11. The monoisotopic (exact) mass is 349 g/mol. The molecule has 0 aliphatic carbocycles. The molecule has 0 aliphatic heterocycles. The SMILES string of the molecule is CC(C)c1ccc(OCCOc2ccc3ccccc3c2CCN)cc1. The first-order valence-electron chi connectivity index (χ1n) is 9.25. The molecule has 0 heterocycles. The molecule has 0 fully saturated rings. The van der Waals surface area contributed by atoms with Crippen molar-refractivity contribution in [2.75, 3.05) is 19.8 Å². The van der Waals surface area contributed by atoms with Crippen molar-refractivity contribution in [3.8, 4) is 11.5 Å². The number of hydrogen-bond acceptors (Lipinski definition) is 3. The lowest BCUT2D eigenvalue weighted by molar-refractivity contribution is 0.216. The molecule has 136 valence electrons. The Morgan fingerprint density at radius 1 is 0.846 bits per heavy atom. The Balaban J connectivity index is 1.61. The maximum Gasteiger partial charge on any atom is 0.123 e. The van der Waals surface area contributed by atoms with Crippen molar-refractivity contribution < 1.29 is 9.47 Å². The average Bonchev–Trinajstić information content (AvgIpc) is 2.67. The van der Waals surface area contributed by atoms with Crippen LogP contribution in [0.1, 0.15) is 30.9 Å². The summed E-state index contributed by atoms with van der Waals surface area (Å²) in [5.74, 6) is 2.30. The molecule has 0 amide bonds. The Bertz CT molecular complexity index is 840.